The Morgan fingerprint density at radius 1 is 1.20 bits per heavy atom. The first-order valence-electron chi connectivity index (χ1n) is 6.92. The second-order valence-corrected chi connectivity index (χ2v) is 5.39. The molecule has 0 bridgehead atoms. The lowest BCUT2D eigenvalue weighted by Crippen LogP contribution is -2.14. The van der Waals surface area contributed by atoms with Gasteiger partial charge >= 0.3 is 0 Å². The molecule has 1 aliphatic rings. The Kier molecular flexibility index (Phi) is 3.45. The van der Waals surface area contributed by atoms with Gasteiger partial charge in [0, 0.05) is 5.56 Å². The monoisotopic (exact) mass is 271 g/mol. The number of hydrogen-bond donors (Lipinski definition) is 1. The molecule has 0 amide bonds. The van der Waals surface area contributed by atoms with Crippen LogP contribution in [0, 0.1) is 12.7 Å². The summed E-state index contributed by atoms with van der Waals surface area (Å²) in [6.45, 7) is 1.93. The van der Waals surface area contributed by atoms with Crippen molar-refractivity contribution in [2.24, 2.45) is 5.73 Å². The van der Waals surface area contributed by atoms with Crippen molar-refractivity contribution in [3.8, 4) is 5.75 Å². The number of ether oxygens (including phenoxy) is 1. The van der Waals surface area contributed by atoms with E-state index in [1.54, 1.807) is 12.1 Å². The third-order valence-corrected chi connectivity index (χ3v) is 3.53. The SMILES string of the molecule is Cc1ccc(F)c(C(N)c2cccc(OC3CC3)c2)c1. The van der Waals surface area contributed by atoms with Gasteiger partial charge in [-0.25, -0.2) is 4.39 Å². The third kappa shape index (κ3) is 2.83. The molecule has 1 atom stereocenters. The summed E-state index contributed by atoms with van der Waals surface area (Å²) in [7, 11) is 0. The van der Waals surface area contributed by atoms with Crippen LogP contribution in [0.2, 0.25) is 0 Å². The summed E-state index contributed by atoms with van der Waals surface area (Å²) in [5.74, 6) is 0.546. The van der Waals surface area contributed by atoms with E-state index in [1.807, 2.05) is 31.2 Å². The van der Waals surface area contributed by atoms with Gasteiger partial charge in [0.2, 0.25) is 0 Å². The Morgan fingerprint density at radius 3 is 2.75 bits per heavy atom. The molecule has 2 N–H and O–H groups in total. The van der Waals surface area contributed by atoms with Crippen LogP contribution in [-0.2, 0) is 0 Å². The highest BCUT2D eigenvalue weighted by atomic mass is 19.1. The highest BCUT2D eigenvalue weighted by Crippen LogP contribution is 2.30. The number of benzene rings is 2. The van der Waals surface area contributed by atoms with Gasteiger partial charge in [0.25, 0.3) is 0 Å². The van der Waals surface area contributed by atoms with Crippen molar-refractivity contribution < 1.29 is 9.13 Å². The average molecular weight is 271 g/mol. The van der Waals surface area contributed by atoms with Crippen LogP contribution in [0.1, 0.15) is 35.6 Å². The molecule has 20 heavy (non-hydrogen) atoms. The largest absolute Gasteiger partial charge is 0.490 e. The second kappa shape index (κ2) is 5.25. The lowest BCUT2D eigenvalue weighted by molar-refractivity contribution is 0.303. The Labute approximate surface area is 118 Å². The fourth-order valence-corrected chi connectivity index (χ4v) is 2.24. The molecule has 1 fully saturated rings. The average Bonchev–Trinajstić information content (AvgIpc) is 3.25. The smallest absolute Gasteiger partial charge is 0.128 e. The van der Waals surface area contributed by atoms with E-state index >= 15 is 0 Å². The van der Waals surface area contributed by atoms with E-state index in [1.165, 1.54) is 6.07 Å². The molecule has 1 unspecified atom stereocenters. The highest BCUT2D eigenvalue weighted by Gasteiger charge is 2.23. The van der Waals surface area contributed by atoms with E-state index in [9.17, 15) is 4.39 Å². The van der Waals surface area contributed by atoms with Crippen molar-refractivity contribution >= 4 is 0 Å². The summed E-state index contributed by atoms with van der Waals surface area (Å²) in [6.07, 6.45) is 2.57. The molecule has 0 aromatic heterocycles. The topological polar surface area (TPSA) is 35.2 Å². The summed E-state index contributed by atoms with van der Waals surface area (Å²) < 4.78 is 19.7. The van der Waals surface area contributed by atoms with Gasteiger partial charge in [-0.15, -0.1) is 0 Å². The van der Waals surface area contributed by atoms with Crippen LogP contribution in [0.25, 0.3) is 0 Å². The van der Waals surface area contributed by atoms with Gasteiger partial charge in [-0.1, -0.05) is 29.8 Å². The first-order valence-corrected chi connectivity index (χ1v) is 6.92. The van der Waals surface area contributed by atoms with Crippen LogP contribution in [0.15, 0.2) is 42.5 Å². The van der Waals surface area contributed by atoms with Crippen LogP contribution in [0.3, 0.4) is 0 Å². The number of nitrogens with two attached hydrogens (primary N) is 1. The predicted molar refractivity (Wildman–Crippen MR) is 77.3 cm³/mol. The molecular formula is C17H18FNO. The van der Waals surface area contributed by atoms with Gasteiger partial charge < -0.3 is 10.5 Å². The van der Waals surface area contributed by atoms with E-state index in [2.05, 4.69) is 0 Å². The molecule has 104 valence electrons. The molecule has 1 saturated carbocycles. The van der Waals surface area contributed by atoms with E-state index in [0.29, 0.717) is 11.7 Å². The quantitative estimate of drug-likeness (QED) is 0.919. The van der Waals surface area contributed by atoms with Crippen molar-refractivity contribution in [2.45, 2.75) is 31.9 Å². The maximum absolute atomic E-state index is 13.9. The number of hydrogen-bond acceptors (Lipinski definition) is 2. The van der Waals surface area contributed by atoms with Gasteiger partial charge in [-0.3, -0.25) is 0 Å². The van der Waals surface area contributed by atoms with Gasteiger partial charge in [0.1, 0.15) is 11.6 Å². The number of rotatable bonds is 4. The van der Waals surface area contributed by atoms with Crippen molar-refractivity contribution in [1.29, 1.82) is 0 Å². The minimum absolute atomic E-state index is 0.267. The lowest BCUT2D eigenvalue weighted by atomic mass is 9.97. The Balaban J connectivity index is 1.88. The van der Waals surface area contributed by atoms with Crippen molar-refractivity contribution in [3.63, 3.8) is 0 Å². The van der Waals surface area contributed by atoms with Crippen LogP contribution < -0.4 is 10.5 Å². The summed E-state index contributed by atoms with van der Waals surface area (Å²) in [5.41, 5.74) is 8.60. The first-order chi connectivity index (χ1) is 9.63. The maximum atomic E-state index is 13.9. The number of aryl methyl sites for hydroxylation is 1. The summed E-state index contributed by atoms with van der Waals surface area (Å²) in [6, 6.07) is 12.2. The molecule has 0 saturated heterocycles. The normalized spacial score (nSPS) is 15.9. The summed E-state index contributed by atoms with van der Waals surface area (Å²) in [4.78, 5) is 0. The minimum Gasteiger partial charge on any atom is -0.490 e. The zero-order valence-corrected chi connectivity index (χ0v) is 11.5. The molecular weight excluding hydrogens is 253 g/mol. The molecule has 3 heteroatoms. The van der Waals surface area contributed by atoms with E-state index in [-0.39, 0.29) is 5.82 Å². The highest BCUT2D eigenvalue weighted by molar-refractivity contribution is 5.38. The molecule has 2 aromatic rings. The number of halogens is 1. The zero-order chi connectivity index (χ0) is 14.1. The Morgan fingerprint density at radius 2 is 2.00 bits per heavy atom. The predicted octanol–water partition coefficient (Wildman–Crippen LogP) is 3.72. The fraction of sp³-hybridized carbons (Fsp3) is 0.294. The minimum atomic E-state index is -0.474. The zero-order valence-electron chi connectivity index (χ0n) is 11.5. The second-order valence-electron chi connectivity index (χ2n) is 5.39. The molecule has 1 aliphatic carbocycles. The van der Waals surface area contributed by atoms with Crippen molar-refractivity contribution in [2.75, 3.05) is 0 Å². The van der Waals surface area contributed by atoms with Crippen molar-refractivity contribution in [3.05, 3.63) is 65.0 Å². The summed E-state index contributed by atoms with van der Waals surface area (Å²) >= 11 is 0. The molecule has 3 rings (SSSR count). The fourth-order valence-electron chi connectivity index (χ4n) is 2.24. The Bertz CT molecular complexity index is 622. The first kappa shape index (κ1) is 13.1. The van der Waals surface area contributed by atoms with Gasteiger partial charge in [-0.05, 0) is 43.5 Å². The maximum Gasteiger partial charge on any atom is 0.128 e. The van der Waals surface area contributed by atoms with Gasteiger partial charge in [-0.2, -0.15) is 0 Å². The van der Waals surface area contributed by atoms with Crippen LogP contribution in [0.5, 0.6) is 5.75 Å². The lowest BCUT2D eigenvalue weighted by Gasteiger charge is -2.15. The van der Waals surface area contributed by atoms with Crippen molar-refractivity contribution in [1.82, 2.24) is 0 Å². The van der Waals surface area contributed by atoms with E-state index < -0.39 is 6.04 Å². The summed E-state index contributed by atoms with van der Waals surface area (Å²) in [5, 5.41) is 0. The third-order valence-electron chi connectivity index (χ3n) is 3.53. The standard InChI is InChI=1S/C17H18FNO/c1-11-5-8-16(18)15(9-11)17(19)12-3-2-4-14(10-12)20-13-6-7-13/h2-5,8-10,13,17H,6-7,19H2,1H3. The Hall–Kier alpha value is -1.87. The van der Waals surface area contributed by atoms with Crippen LogP contribution >= 0.6 is 0 Å². The molecule has 2 nitrogen and oxygen atoms in total. The van der Waals surface area contributed by atoms with Crippen LogP contribution in [-0.4, -0.2) is 6.10 Å². The molecule has 0 aliphatic heterocycles. The molecule has 2 aromatic carbocycles. The van der Waals surface area contributed by atoms with E-state index in [0.717, 1.165) is 29.7 Å². The molecule has 0 radical (unpaired) electrons. The van der Waals surface area contributed by atoms with E-state index in [4.69, 9.17) is 10.5 Å². The van der Waals surface area contributed by atoms with Gasteiger partial charge in [0.15, 0.2) is 0 Å². The van der Waals surface area contributed by atoms with Gasteiger partial charge in [0.05, 0.1) is 12.1 Å². The van der Waals surface area contributed by atoms with Crippen LogP contribution in [0.4, 0.5) is 4.39 Å². The molecule has 0 heterocycles. The molecule has 0 spiro atoms.